The van der Waals surface area contributed by atoms with Gasteiger partial charge in [0.2, 0.25) is 0 Å². The molecular weight excluding hydrogens is 390 g/mol. The first-order valence-corrected chi connectivity index (χ1v) is 12.0. The summed E-state index contributed by atoms with van der Waals surface area (Å²) in [7, 11) is 0. The van der Waals surface area contributed by atoms with Gasteiger partial charge in [0.15, 0.2) is 0 Å². The maximum atomic E-state index is 2.63. The van der Waals surface area contributed by atoms with Crippen LogP contribution in [0.1, 0.15) is 18.4 Å². The third kappa shape index (κ3) is 4.58. The Bertz CT molecular complexity index is 1140. The van der Waals surface area contributed by atoms with Crippen molar-refractivity contribution >= 4 is 16.6 Å². The van der Waals surface area contributed by atoms with E-state index in [1.807, 2.05) is 0 Å². The van der Waals surface area contributed by atoms with E-state index in [1.165, 1.54) is 65.8 Å². The number of hydrogen-bond acceptors (Lipinski definition) is 2. The quantitative estimate of drug-likeness (QED) is 0.327. The van der Waals surface area contributed by atoms with Gasteiger partial charge in [-0.15, -0.1) is 0 Å². The number of anilines is 1. The average Bonchev–Trinajstić information content (AvgIpc) is 3.21. The maximum absolute atomic E-state index is 2.63. The molecule has 0 aliphatic carbocycles. The molecule has 3 nitrogen and oxygen atoms in total. The van der Waals surface area contributed by atoms with Gasteiger partial charge in [-0.25, -0.2) is 0 Å². The molecule has 164 valence electrons. The number of fused-ring (bicyclic) bond motifs is 1. The van der Waals surface area contributed by atoms with Gasteiger partial charge in [-0.05, 0) is 56.1 Å². The fourth-order valence-electron chi connectivity index (χ4n) is 4.93. The standard InChI is InChI=1S/C29H33N3/c1-24-14-15-29-27(22-24)28(25-10-4-2-5-11-25)23-32(29)17-9-8-16-30-18-20-31(21-19-30)26-12-6-3-7-13-26/h2-7,10-15,22-23H,8-9,16-21H2,1H3. The molecule has 2 heterocycles. The molecule has 0 N–H and O–H groups in total. The van der Waals surface area contributed by atoms with E-state index >= 15 is 0 Å². The Morgan fingerprint density at radius 2 is 1.41 bits per heavy atom. The summed E-state index contributed by atoms with van der Waals surface area (Å²) in [5.74, 6) is 0. The highest BCUT2D eigenvalue weighted by Crippen LogP contribution is 2.31. The lowest BCUT2D eigenvalue weighted by molar-refractivity contribution is 0.251. The predicted octanol–water partition coefficient (Wildman–Crippen LogP) is 6.22. The van der Waals surface area contributed by atoms with Gasteiger partial charge in [0, 0.05) is 61.1 Å². The number of rotatable bonds is 7. The Morgan fingerprint density at radius 1 is 0.719 bits per heavy atom. The first-order chi connectivity index (χ1) is 15.8. The van der Waals surface area contributed by atoms with Crippen LogP contribution in [0.3, 0.4) is 0 Å². The third-order valence-electron chi connectivity index (χ3n) is 6.74. The molecule has 1 aromatic heterocycles. The zero-order chi connectivity index (χ0) is 21.8. The second-order valence-corrected chi connectivity index (χ2v) is 8.99. The van der Waals surface area contributed by atoms with Gasteiger partial charge in [0.05, 0.1) is 0 Å². The van der Waals surface area contributed by atoms with Crippen LogP contribution in [0.4, 0.5) is 5.69 Å². The van der Waals surface area contributed by atoms with Gasteiger partial charge in [-0.3, -0.25) is 4.90 Å². The summed E-state index contributed by atoms with van der Waals surface area (Å²) in [6.07, 6.45) is 4.82. The highest BCUT2D eigenvalue weighted by Gasteiger charge is 2.16. The molecule has 3 heteroatoms. The van der Waals surface area contributed by atoms with Crippen LogP contribution in [0, 0.1) is 6.92 Å². The van der Waals surface area contributed by atoms with Crippen molar-refractivity contribution in [2.45, 2.75) is 26.3 Å². The Balaban J connectivity index is 1.18. The normalized spacial score (nSPS) is 14.8. The van der Waals surface area contributed by atoms with Crippen LogP contribution in [0.5, 0.6) is 0 Å². The molecular formula is C29H33N3. The number of benzene rings is 3. The molecule has 4 aromatic rings. The number of hydrogen-bond donors (Lipinski definition) is 0. The van der Waals surface area contributed by atoms with Gasteiger partial charge >= 0.3 is 0 Å². The number of aromatic nitrogens is 1. The van der Waals surface area contributed by atoms with Crippen LogP contribution in [0.15, 0.2) is 85.1 Å². The molecule has 1 saturated heterocycles. The van der Waals surface area contributed by atoms with E-state index < -0.39 is 0 Å². The molecule has 0 amide bonds. The number of piperazine rings is 1. The summed E-state index contributed by atoms with van der Waals surface area (Å²) < 4.78 is 2.46. The molecule has 0 spiro atoms. The van der Waals surface area contributed by atoms with Crippen molar-refractivity contribution in [3.05, 3.63) is 90.6 Å². The first-order valence-electron chi connectivity index (χ1n) is 12.0. The van der Waals surface area contributed by atoms with E-state index in [4.69, 9.17) is 0 Å². The number of nitrogens with zero attached hydrogens (tertiary/aromatic N) is 3. The van der Waals surface area contributed by atoms with Crippen molar-refractivity contribution in [2.24, 2.45) is 0 Å². The fourth-order valence-corrected chi connectivity index (χ4v) is 4.93. The van der Waals surface area contributed by atoms with Crippen LogP contribution >= 0.6 is 0 Å². The zero-order valence-electron chi connectivity index (χ0n) is 19.1. The van der Waals surface area contributed by atoms with Gasteiger partial charge in [-0.1, -0.05) is 60.2 Å². The van der Waals surface area contributed by atoms with Crippen molar-refractivity contribution in [3.8, 4) is 11.1 Å². The van der Waals surface area contributed by atoms with E-state index in [-0.39, 0.29) is 0 Å². The van der Waals surface area contributed by atoms with Gasteiger partial charge in [0.1, 0.15) is 0 Å². The van der Waals surface area contributed by atoms with Crippen LogP contribution in [0.25, 0.3) is 22.0 Å². The molecule has 1 aliphatic heterocycles. The van der Waals surface area contributed by atoms with Gasteiger partial charge < -0.3 is 9.47 Å². The fraction of sp³-hybridized carbons (Fsp3) is 0.310. The van der Waals surface area contributed by atoms with Gasteiger partial charge in [0.25, 0.3) is 0 Å². The minimum absolute atomic E-state index is 1.08. The molecule has 0 unspecified atom stereocenters. The topological polar surface area (TPSA) is 11.4 Å². The summed E-state index contributed by atoms with van der Waals surface area (Å²) in [6.45, 7) is 9.06. The lowest BCUT2D eigenvalue weighted by Gasteiger charge is -2.36. The van der Waals surface area contributed by atoms with Crippen molar-refractivity contribution in [3.63, 3.8) is 0 Å². The minimum Gasteiger partial charge on any atom is -0.369 e. The van der Waals surface area contributed by atoms with Crippen LogP contribution < -0.4 is 4.90 Å². The Labute approximate surface area is 191 Å². The monoisotopic (exact) mass is 423 g/mol. The molecule has 0 atom stereocenters. The maximum Gasteiger partial charge on any atom is 0.0486 e. The molecule has 1 aliphatic rings. The van der Waals surface area contributed by atoms with Crippen LogP contribution in [-0.4, -0.2) is 42.2 Å². The lowest BCUT2D eigenvalue weighted by Crippen LogP contribution is -2.46. The molecule has 0 saturated carbocycles. The Hall–Kier alpha value is -3.04. The Morgan fingerprint density at radius 3 is 2.16 bits per heavy atom. The summed E-state index contributed by atoms with van der Waals surface area (Å²) in [4.78, 5) is 5.14. The van der Waals surface area contributed by atoms with Gasteiger partial charge in [-0.2, -0.15) is 0 Å². The molecule has 1 fully saturated rings. The third-order valence-corrected chi connectivity index (χ3v) is 6.74. The second kappa shape index (κ2) is 9.62. The lowest BCUT2D eigenvalue weighted by atomic mass is 10.0. The second-order valence-electron chi connectivity index (χ2n) is 8.99. The largest absolute Gasteiger partial charge is 0.369 e. The molecule has 32 heavy (non-hydrogen) atoms. The van der Waals surface area contributed by atoms with Crippen molar-refractivity contribution in [1.29, 1.82) is 0 Å². The predicted molar refractivity (Wildman–Crippen MR) is 136 cm³/mol. The molecule has 5 rings (SSSR count). The molecule has 0 bridgehead atoms. The summed E-state index contributed by atoms with van der Waals surface area (Å²) in [6, 6.07) is 28.5. The van der Waals surface area contributed by atoms with Crippen LogP contribution in [0.2, 0.25) is 0 Å². The SMILES string of the molecule is Cc1ccc2c(c1)c(-c1ccccc1)cn2CCCCN1CCN(c2ccccc2)CC1. The van der Waals surface area contributed by atoms with E-state index in [1.54, 1.807) is 0 Å². The molecule has 3 aromatic carbocycles. The van der Waals surface area contributed by atoms with Crippen LogP contribution in [-0.2, 0) is 6.54 Å². The smallest absolute Gasteiger partial charge is 0.0486 e. The minimum atomic E-state index is 1.08. The summed E-state index contributed by atoms with van der Waals surface area (Å²) in [5.41, 5.74) is 6.68. The van der Waals surface area contributed by atoms with Crippen molar-refractivity contribution < 1.29 is 0 Å². The van der Waals surface area contributed by atoms with Crippen molar-refractivity contribution in [2.75, 3.05) is 37.6 Å². The zero-order valence-corrected chi connectivity index (χ0v) is 19.1. The highest BCUT2D eigenvalue weighted by atomic mass is 15.3. The highest BCUT2D eigenvalue weighted by molar-refractivity contribution is 5.96. The molecule has 0 radical (unpaired) electrons. The number of para-hydroxylation sites is 1. The van der Waals surface area contributed by atoms with E-state index in [0.29, 0.717) is 0 Å². The number of unbranched alkanes of at least 4 members (excludes halogenated alkanes) is 1. The van der Waals surface area contributed by atoms with Crippen molar-refractivity contribution in [1.82, 2.24) is 9.47 Å². The Kier molecular flexibility index (Phi) is 6.27. The van der Waals surface area contributed by atoms with E-state index in [2.05, 4.69) is 106 Å². The van der Waals surface area contributed by atoms with E-state index in [9.17, 15) is 0 Å². The average molecular weight is 424 g/mol. The summed E-state index contributed by atoms with van der Waals surface area (Å²) in [5, 5.41) is 1.37. The number of aryl methyl sites for hydroxylation is 2. The first kappa shape index (κ1) is 20.8. The van der Waals surface area contributed by atoms with E-state index in [0.717, 1.165) is 19.6 Å². The summed E-state index contributed by atoms with van der Waals surface area (Å²) >= 11 is 0.